The van der Waals surface area contributed by atoms with E-state index in [9.17, 15) is 18.4 Å². The second kappa shape index (κ2) is 17.8. The summed E-state index contributed by atoms with van der Waals surface area (Å²) in [4.78, 5) is 4.44. The largest absolute Gasteiger partial charge is 0.416 e. The first-order chi connectivity index (χ1) is 35.5. The zero-order chi connectivity index (χ0) is 50.0. The fraction of sp³-hybridized carbons (Fsp3) is 0.0615. The van der Waals surface area contributed by atoms with Gasteiger partial charge >= 0.3 is 6.18 Å². The molecule has 0 bridgehead atoms. The van der Waals surface area contributed by atoms with Gasteiger partial charge in [-0.1, -0.05) is 108 Å². The Labute approximate surface area is 421 Å². The zero-order valence-electron chi connectivity index (χ0n) is 40.2. The van der Waals surface area contributed by atoms with Gasteiger partial charge in [0.25, 0.3) is 0 Å². The molecule has 0 N–H and O–H groups in total. The second-order valence-electron chi connectivity index (χ2n) is 18.7. The molecule has 2 heterocycles. The summed E-state index contributed by atoms with van der Waals surface area (Å²) in [5.41, 5.74) is 13.2. The van der Waals surface area contributed by atoms with E-state index in [1.54, 1.807) is 13.0 Å². The number of aryl methyl sites for hydroxylation is 3. The Hall–Kier alpha value is -9.32. The first-order valence-corrected chi connectivity index (χ1v) is 24.2. The number of hydrogen-bond acceptors (Lipinski definition) is 3. The maximum Gasteiger partial charge on any atom is 0.416 e. The van der Waals surface area contributed by atoms with Gasteiger partial charge in [-0.2, -0.15) is 18.4 Å². The SMILES string of the molecule is Cc1cc(-c2ccc(-n3c4ccc(C)cc4c4cc(C)ccc43)c(C#N)c2-n2c3ccc(N(c4ccccc4)c4ccccc4)cc3c3cc(N(c4ccccc4)c4ccccc4)ccc32)cc(C(F)(F)F)c1. The van der Waals surface area contributed by atoms with E-state index in [2.05, 4.69) is 160 Å². The van der Waals surface area contributed by atoms with E-state index >= 15 is 0 Å². The average Bonchev–Trinajstić information content (AvgIpc) is 3.90. The molecule has 0 radical (unpaired) electrons. The highest BCUT2D eigenvalue weighted by molar-refractivity contribution is 6.14. The first-order valence-electron chi connectivity index (χ1n) is 24.2. The van der Waals surface area contributed by atoms with E-state index in [-0.39, 0.29) is 0 Å². The van der Waals surface area contributed by atoms with E-state index in [4.69, 9.17) is 0 Å². The molecule has 73 heavy (non-hydrogen) atoms. The average molecular weight is 954 g/mol. The molecule has 0 fully saturated rings. The van der Waals surface area contributed by atoms with Crippen molar-refractivity contribution < 1.29 is 13.2 Å². The molecule has 0 amide bonds. The van der Waals surface area contributed by atoms with Crippen LogP contribution in [0.15, 0.2) is 224 Å². The third-order valence-corrected chi connectivity index (χ3v) is 13.8. The Kier molecular flexibility index (Phi) is 11.0. The Morgan fingerprint density at radius 3 is 1.23 bits per heavy atom. The molecule has 8 heteroatoms. The zero-order valence-corrected chi connectivity index (χ0v) is 40.2. The van der Waals surface area contributed by atoms with Gasteiger partial charge in [0, 0.05) is 61.2 Å². The van der Waals surface area contributed by atoms with Crippen LogP contribution in [-0.4, -0.2) is 9.13 Å². The quantitative estimate of drug-likeness (QED) is 0.145. The number of halogens is 3. The lowest BCUT2D eigenvalue weighted by Crippen LogP contribution is -2.10. The van der Waals surface area contributed by atoms with Crippen molar-refractivity contribution in [3.05, 3.63) is 252 Å². The molecule has 10 aromatic carbocycles. The standard InChI is InChI=1S/C65H46F3N5/c1-42-24-29-59-54(36-42)55-37-43(2)25-30-60(55)72(59)63-33-28-53(45-34-44(3)35-46(38-45)65(66,67)68)64(58(63)41-69)73-61-31-26-51(70(47-16-8-4-9-17-47)48-18-10-5-11-19-48)39-56(61)57-40-52(27-32-62(57)73)71(49-20-12-6-13-21-49)50-22-14-7-15-23-50/h4-40H,1-3H3. The van der Waals surface area contributed by atoms with Gasteiger partial charge in [0.2, 0.25) is 0 Å². The molecular formula is C65H46F3N5. The van der Waals surface area contributed by atoms with Crippen LogP contribution in [0, 0.1) is 32.1 Å². The number of anilines is 6. The second-order valence-corrected chi connectivity index (χ2v) is 18.7. The highest BCUT2D eigenvalue weighted by atomic mass is 19.4. The van der Waals surface area contributed by atoms with Crippen molar-refractivity contribution in [1.82, 2.24) is 9.13 Å². The molecular weight excluding hydrogens is 908 g/mol. The third-order valence-electron chi connectivity index (χ3n) is 13.8. The topological polar surface area (TPSA) is 40.1 Å². The molecule has 0 saturated heterocycles. The van der Waals surface area contributed by atoms with E-state index in [1.807, 2.05) is 84.9 Å². The highest BCUT2D eigenvalue weighted by Crippen LogP contribution is 2.47. The minimum Gasteiger partial charge on any atom is -0.310 e. The summed E-state index contributed by atoms with van der Waals surface area (Å²) in [7, 11) is 0. The van der Waals surface area contributed by atoms with Crippen LogP contribution in [0.2, 0.25) is 0 Å². The molecule has 0 aliphatic carbocycles. The van der Waals surface area contributed by atoms with Crippen molar-refractivity contribution in [2.45, 2.75) is 26.9 Å². The van der Waals surface area contributed by atoms with Crippen LogP contribution in [0.3, 0.4) is 0 Å². The van der Waals surface area contributed by atoms with Crippen LogP contribution in [0.1, 0.15) is 27.8 Å². The summed E-state index contributed by atoms with van der Waals surface area (Å²) < 4.78 is 48.7. The monoisotopic (exact) mass is 953 g/mol. The summed E-state index contributed by atoms with van der Waals surface area (Å²) in [6.07, 6.45) is -4.61. The molecule has 0 aliphatic rings. The molecule has 0 unspecified atom stereocenters. The summed E-state index contributed by atoms with van der Waals surface area (Å²) in [6, 6.07) is 76.8. The number of fused-ring (bicyclic) bond motifs is 6. The van der Waals surface area contributed by atoms with Crippen molar-refractivity contribution in [3.63, 3.8) is 0 Å². The Balaban J connectivity index is 1.22. The number of alkyl halides is 3. The van der Waals surface area contributed by atoms with Gasteiger partial charge in [0.1, 0.15) is 11.6 Å². The predicted molar refractivity (Wildman–Crippen MR) is 294 cm³/mol. The van der Waals surface area contributed by atoms with E-state index in [1.165, 1.54) is 12.1 Å². The Bertz CT molecular complexity index is 3840. The van der Waals surface area contributed by atoms with Gasteiger partial charge in [0.15, 0.2) is 0 Å². The molecule has 0 aliphatic heterocycles. The van der Waals surface area contributed by atoms with Crippen LogP contribution in [-0.2, 0) is 6.18 Å². The van der Waals surface area contributed by atoms with Gasteiger partial charge in [0.05, 0.1) is 39.0 Å². The molecule has 0 atom stereocenters. The molecule has 12 aromatic rings. The van der Waals surface area contributed by atoms with Crippen LogP contribution in [0.25, 0.3) is 66.1 Å². The summed E-state index contributed by atoms with van der Waals surface area (Å²) in [5, 5.41) is 15.7. The third kappa shape index (κ3) is 7.83. The number of hydrogen-bond donors (Lipinski definition) is 0. The van der Waals surface area contributed by atoms with E-state index < -0.39 is 11.7 Å². The maximum absolute atomic E-state index is 14.8. The van der Waals surface area contributed by atoms with Gasteiger partial charge in [-0.3, -0.25) is 0 Å². The number of aromatic nitrogens is 2. The highest BCUT2D eigenvalue weighted by Gasteiger charge is 2.32. The normalized spacial score (nSPS) is 11.7. The van der Waals surface area contributed by atoms with Crippen LogP contribution >= 0.6 is 0 Å². The van der Waals surface area contributed by atoms with Crippen molar-refractivity contribution in [3.8, 4) is 28.6 Å². The van der Waals surface area contributed by atoms with Crippen molar-refractivity contribution in [1.29, 1.82) is 5.26 Å². The smallest absolute Gasteiger partial charge is 0.310 e. The van der Waals surface area contributed by atoms with Gasteiger partial charge < -0.3 is 18.9 Å². The molecule has 0 spiro atoms. The van der Waals surface area contributed by atoms with Crippen LogP contribution in [0.5, 0.6) is 0 Å². The van der Waals surface area contributed by atoms with Crippen molar-refractivity contribution in [2.24, 2.45) is 0 Å². The van der Waals surface area contributed by atoms with Crippen molar-refractivity contribution >= 4 is 77.7 Å². The Morgan fingerprint density at radius 1 is 0.397 bits per heavy atom. The van der Waals surface area contributed by atoms with Gasteiger partial charge in [-0.25, -0.2) is 0 Å². The van der Waals surface area contributed by atoms with Crippen LogP contribution < -0.4 is 9.80 Å². The van der Waals surface area contributed by atoms with Crippen LogP contribution in [0.4, 0.5) is 47.3 Å². The number of benzene rings is 10. The van der Waals surface area contributed by atoms with E-state index in [0.29, 0.717) is 33.6 Å². The number of nitriles is 1. The van der Waals surface area contributed by atoms with Gasteiger partial charge in [-0.15, -0.1) is 0 Å². The lowest BCUT2D eigenvalue weighted by Gasteiger charge is -2.26. The maximum atomic E-state index is 14.8. The fourth-order valence-electron chi connectivity index (χ4n) is 10.7. The molecule has 12 rings (SSSR count). The lowest BCUT2D eigenvalue weighted by atomic mass is 9.95. The first kappa shape index (κ1) is 44.9. The van der Waals surface area contributed by atoms with E-state index in [0.717, 1.165) is 88.9 Å². The molecule has 5 nitrogen and oxygen atoms in total. The summed E-state index contributed by atoms with van der Waals surface area (Å²) in [5.74, 6) is 0. The lowest BCUT2D eigenvalue weighted by molar-refractivity contribution is -0.137. The molecule has 0 saturated carbocycles. The predicted octanol–water partition coefficient (Wildman–Crippen LogP) is 18.3. The summed E-state index contributed by atoms with van der Waals surface area (Å²) >= 11 is 0. The Morgan fingerprint density at radius 2 is 0.808 bits per heavy atom. The molecule has 2 aromatic heterocycles. The fourth-order valence-corrected chi connectivity index (χ4v) is 10.7. The minimum absolute atomic E-state index is 0.310. The number of para-hydroxylation sites is 4. The number of nitrogens with zero attached hydrogens (tertiary/aromatic N) is 5. The van der Waals surface area contributed by atoms with Gasteiger partial charge in [-0.05, 0) is 159 Å². The van der Waals surface area contributed by atoms with Crippen molar-refractivity contribution in [2.75, 3.05) is 9.80 Å². The number of rotatable bonds is 9. The summed E-state index contributed by atoms with van der Waals surface area (Å²) in [6.45, 7) is 5.82. The molecule has 352 valence electrons. The minimum atomic E-state index is -4.61.